The van der Waals surface area contributed by atoms with Gasteiger partial charge in [0.15, 0.2) is 0 Å². The molecule has 2 atom stereocenters. The van der Waals surface area contributed by atoms with Crippen molar-refractivity contribution in [1.29, 1.82) is 0 Å². The SMILES string of the molecule is CC(NC1CCSc2ccccc21)C1CCCC1. The van der Waals surface area contributed by atoms with Crippen molar-refractivity contribution in [2.45, 2.75) is 56.0 Å². The molecule has 98 valence electrons. The second-order valence-electron chi connectivity index (χ2n) is 5.73. The summed E-state index contributed by atoms with van der Waals surface area (Å²) in [6.07, 6.45) is 7.01. The quantitative estimate of drug-likeness (QED) is 0.866. The Bertz CT molecular complexity index is 398. The molecule has 2 aliphatic rings. The summed E-state index contributed by atoms with van der Waals surface area (Å²) in [5, 5.41) is 3.90. The van der Waals surface area contributed by atoms with Crippen LogP contribution in [0.3, 0.4) is 0 Å². The van der Waals surface area contributed by atoms with Gasteiger partial charge in [-0.3, -0.25) is 0 Å². The summed E-state index contributed by atoms with van der Waals surface area (Å²) in [5.41, 5.74) is 1.53. The van der Waals surface area contributed by atoms with E-state index in [0.29, 0.717) is 12.1 Å². The molecule has 3 rings (SSSR count). The largest absolute Gasteiger partial charge is 0.307 e. The Kier molecular flexibility index (Phi) is 3.95. The molecule has 1 heterocycles. The van der Waals surface area contributed by atoms with Crippen molar-refractivity contribution in [2.24, 2.45) is 5.92 Å². The lowest BCUT2D eigenvalue weighted by molar-refractivity contribution is 0.336. The maximum absolute atomic E-state index is 3.90. The van der Waals surface area contributed by atoms with Gasteiger partial charge < -0.3 is 5.32 Å². The Morgan fingerprint density at radius 3 is 2.78 bits per heavy atom. The topological polar surface area (TPSA) is 12.0 Å². The van der Waals surface area contributed by atoms with Crippen LogP contribution in [-0.4, -0.2) is 11.8 Å². The van der Waals surface area contributed by atoms with E-state index in [2.05, 4.69) is 36.5 Å². The Morgan fingerprint density at radius 1 is 1.17 bits per heavy atom. The third-order valence-electron chi connectivity index (χ3n) is 4.53. The molecule has 0 aromatic heterocycles. The van der Waals surface area contributed by atoms with Crippen molar-refractivity contribution >= 4 is 11.8 Å². The van der Waals surface area contributed by atoms with Crippen LogP contribution in [0.2, 0.25) is 0 Å². The molecule has 0 bridgehead atoms. The minimum atomic E-state index is 0.582. The molecule has 1 nitrogen and oxygen atoms in total. The van der Waals surface area contributed by atoms with Gasteiger partial charge in [0.1, 0.15) is 0 Å². The molecule has 1 fully saturated rings. The minimum Gasteiger partial charge on any atom is -0.307 e. The van der Waals surface area contributed by atoms with Gasteiger partial charge in [0.25, 0.3) is 0 Å². The van der Waals surface area contributed by atoms with E-state index in [1.165, 1.54) is 48.3 Å². The lowest BCUT2D eigenvalue weighted by atomic mass is 9.96. The van der Waals surface area contributed by atoms with E-state index in [1.807, 2.05) is 11.8 Å². The van der Waals surface area contributed by atoms with Crippen LogP contribution in [-0.2, 0) is 0 Å². The van der Waals surface area contributed by atoms with Crippen molar-refractivity contribution in [1.82, 2.24) is 5.32 Å². The number of thioether (sulfide) groups is 1. The zero-order chi connectivity index (χ0) is 12.4. The highest BCUT2D eigenvalue weighted by molar-refractivity contribution is 7.99. The van der Waals surface area contributed by atoms with Crippen molar-refractivity contribution < 1.29 is 0 Å². The fraction of sp³-hybridized carbons (Fsp3) is 0.625. The molecule has 0 amide bonds. The summed E-state index contributed by atoms with van der Waals surface area (Å²) in [5.74, 6) is 2.17. The molecule has 0 saturated heterocycles. The van der Waals surface area contributed by atoms with Crippen molar-refractivity contribution in [2.75, 3.05) is 5.75 Å². The lowest BCUT2D eigenvalue weighted by Crippen LogP contribution is -2.36. The summed E-state index contributed by atoms with van der Waals surface area (Å²) < 4.78 is 0. The Labute approximate surface area is 115 Å². The molecule has 1 aromatic carbocycles. The predicted molar refractivity (Wildman–Crippen MR) is 79.1 cm³/mol. The number of fused-ring (bicyclic) bond motifs is 1. The Balaban J connectivity index is 1.70. The maximum atomic E-state index is 3.90. The average Bonchev–Trinajstić information content (AvgIpc) is 2.93. The van der Waals surface area contributed by atoms with Crippen molar-refractivity contribution in [3.05, 3.63) is 29.8 Å². The smallest absolute Gasteiger partial charge is 0.0341 e. The maximum Gasteiger partial charge on any atom is 0.0341 e. The van der Waals surface area contributed by atoms with Crippen LogP contribution in [0.15, 0.2) is 29.2 Å². The summed E-state index contributed by atoms with van der Waals surface area (Å²) in [7, 11) is 0. The second-order valence-corrected chi connectivity index (χ2v) is 6.86. The number of nitrogens with one attached hydrogen (secondary N) is 1. The van der Waals surface area contributed by atoms with E-state index < -0.39 is 0 Å². The first-order valence-electron chi connectivity index (χ1n) is 7.32. The number of rotatable bonds is 3. The third kappa shape index (κ3) is 2.60. The van der Waals surface area contributed by atoms with Crippen LogP contribution in [0.25, 0.3) is 0 Å². The highest BCUT2D eigenvalue weighted by Crippen LogP contribution is 2.37. The number of hydrogen-bond acceptors (Lipinski definition) is 2. The second kappa shape index (κ2) is 5.66. The van der Waals surface area contributed by atoms with Crippen LogP contribution in [0.5, 0.6) is 0 Å². The molecular formula is C16H23NS. The van der Waals surface area contributed by atoms with Gasteiger partial charge in [-0.15, -0.1) is 11.8 Å². The first-order chi connectivity index (χ1) is 8.84. The van der Waals surface area contributed by atoms with Crippen LogP contribution in [0, 0.1) is 5.92 Å². The van der Waals surface area contributed by atoms with E-state index in [9.17, 15) is 0 Å². The van der Waals surface area contributed by atoms with Gasteiger partial charge in [-0.25, -0.2) is 0 Å². The first kappa shape index (κ1) is 12.6. The summed E-state index contributed by atoms with van der Waals surface area (Å²) >= 11 is 2.01. The fourth-order valence-electron chi connectivity index (χ4n) is 3.43. The zero-order valence-electron chi connectivity index (χ0n) is 11.2. The molecule has 1 saturated carbocycles. The number of benzene rings is 1. The number of hydrogen-bond donors (Lipinski definition) is 1. The molecule has 1 aliphatic carbocycles. The highest BCUT2D eigenvalue weighted by atomic mass is 32.2. The van der Waals surface area contributed by atoms with E-state index in [4.69, 9.17) is 0 Å². The standard InChI is InChI=1S/C16H23NS/c1-12(13-6-2-3-7-13)17-15-10-11-18-16-9-5-4-8-14(15)16/h4-5,8-9,12-13,15,17H,2-3,6-7,10-11H2,1H3. The van der Waals surface area contributed by atoms with Gasteiger partial charge in [0.05, 0.1) is 0 Å². The van der Waals surface area contributed by atoms with E-state index in [-0.39, 0.29) is 0 Å². The van der Waals surface area contributed by atoms with Crippen LogP contribution < -0.4 is 5.32 Å². The molecule has 2 unspecified atom stereocenters. The van der Waals surface area contributed by atoms with Gasteiger partial charge >= 0.3 is 0 Å². The summed E-state index contributed by atoms with van der Waals surface area (Å²) in [4.78, 5) is 1.49. The average molecular weight is 261 g/mol. The summed E-state index contributed by atoms with van der Waals surface area (Å²) in [6, 6.07) is 10.2. The van der Waals surface area contributed by atoms with Gasteiger partial charge in [-0.05, 0) is 49.5 Å². The highest BCUT2D eigenvalue weighted by Gasteiger charge is 2.26. The molecule has 1 aromatic rings. The fourth-order valence-corrected chi connectivity index (χ4v) is 4.55. The predicted octanol–water partition coefficient (Wildman–Crippen LogP) is 4.39. The van der Waals surface area contributed by atoms with Gasteiger partial charge in [-0.1, -0.05) is 31.0 Å². The van der Waals surface area contributed by atoms with Gasteiger partial charge in [0.2, 0.25) is 0 Å². The molecule has 1 aliphatic heterocycles. The van der Waals surface area contributed by atoms with Crippen molar-refractivity contribution in [3.8, 4) is 0 Å². The third-order valence-corrected chi connectivity index (χ3v) is 5.65. The molecule has 1 N–H and O–H groups in total. The van der Waals surface area contributed by atoms with Gasteiger partial charge in [0, 0.05) is 17.0 Å². The summed E-state index contributed by atoms with van der Waals surface area (Å²) in [6.45, 7) is 2.39. The lowest BCUT2D eigenvalue weighted by Gasteiger charge is -2.31. The molecule has 18 heavy (non-hydrogen) atoms. The van der Waals surface area contributed by atoms with Crippen LogP contribution in [0.1, 0.15) is 50.6 Å². The van der Waals surface area contributed by atoms with Crippen LogP contribution in [0.4, 0.5) is 0 Å². The monoisotopic (exact) mass is 261 g/mol. The van der Waals surface area contributed by atoms with E-state index >= 15 is 0 Å². The molecular weight excluding hydrogens is 238 g/mol. The van der Waals surface area contributed by atoms with E-state index in [1.54, 1.807) is 0 Å². The molecule has 0 spiro atoms. The van der Waals surface area contributed by atoms with Gasteiger partial charge in [-0.2, -0.15) is 0 Å². The first-order valence-corrected chi connectivity index (χ1v) is 8.31. The van der Waals surface area contributed by atoms with Crippen molar-refractivity contribution in [3.63, 3.8) is 0 Å². The van der Waals surface area contributed by atoms with Crippen LogP contribution >= 0.6 is 11.8 Å². The Hall–Kier alpha value is -0.470. The Morgan fingerprint density at radius 2 is 1.94 bits per heavy atom. The minimum absolute atomic E-state index is 0.582. The molecule has 2 heteroatoms. The zero-order valence-corrected chi connectivity index (χ0v) is 12.0. The van der Waals surface area contributed by atoms with E-state index in [0.717, 1.165) is 5.92 Å². The molecule has 0 radical (unpaired) electrons. The normalized spacial score (nSPS) is 25.9.